The lowest BCUT2D eigenvalue weighted by Gasteiger charge is -1.96. The minimum Gasteiger partial charge on any atom is -0.468 e. The van der Waals surface area contributed by atoms with Crippen LogP contribution in [-0.2, 0) is 23.9 Å². The van der Waals surface area contributed by atoms with E-state index in [4.69, 9.17) is 10.2 Å². The lowest BCUT2D eigenvalue weighted by atomic mass is 11.6. The molecule has 0 fully saturated rings. The first-order valence-electron chi connectivity index (χ1n) is 2.26. The molecule has 76 valence electrons. The summed E-state index contributed by atoms with van der Waals surface area (Å²) >= 11 is 0. The van der Waals surface area contributed by atoms with Crippen LogP contribution in [0.5, 0.6) is 0 Å². The van der Waals surface area contributed by atoms with Crippen LogP contribution in [0.2, 0.25) is 0 Å². The molecule has 0 saturated heterocycles. The third-order valence-electron chi connectivity index (χ3n) is 0.607. The Balaban J connectivity index is 5.08. The Morgan fingerprint density at radius 2 is 1.08 bits per heavy atom. The van der Waals surface area contributed by atoms with E-state index in [1.54, 1.807) is 0 Å². The molecular formula is C2H2O9S2. The van der Waals surface area contributed by atoms with Crippen LogP contribution in [-0.4, -0.2) is 37.7 Å². The normalized spacial score (nSPS) is 12.3. The van der Waals surface area contributed by atoms with Crippen molar-refractivity contribution in [3.63, 3.8) is 0 Å². The minimum absolute atomic E-state index is 2.60. The summed E-state index contributed by atoms with van der Waals surface area (Å²) in [5.74, 6) is 0. The molecule has 0 saturated carbocycles. The highest BCUT2D eigenvalue weighted by atomic mass is 32.3. The third-order valence-corrected chi connectivity index (χ3v) is 2.90. The molecule has 0 rings (SSSR count). The van der Waals surface area contributed by atoms with Crippen LogP contribution >= 0.6 is 0 Å². The zero-order chi connectivity index (χ0) is 10.9. The van der Waals surface area contributed by atoms with Gasteiger partial charge in [0.15, 0.2) is 0 Å². The molecule has 0 heterocycles. The topological polar surface area (TPSA) is 152 Å². The summed E-state index contributed by atoms with van der Waals surface area (Å²) in [5, 5.41) is 10.4. The summed E-state index contributed by atoms with van der Waals surface area (Å²) in [6.45, 7) is 0. The Morgan fingerprint density at radius 1 is 0.846 bits per heavy atom. The second-order valence-electron chi connectivity index (χ2n) is 1.51. The molecule has 0 bridgehead atoms. The van der Waals surface area contributed by atoms with E-state index in [0.717, 1.165) is 0 Å². The van der Waals surface area contributed by atoms with E-state index >= 15 is 0 Å². The average Bonchev–Trinajstić information content (AvgIpc) is 1.83. The summed E-state index contributed by atoms with van der Waals surface area (Å²) in [5.41, 5.74) is 0. The van der Waals surface area contributed by atoms with E-state index in [2.05, 4.69) is 3.63 Å². The van der Waals surface area contributed by atoms with Gasteiger partial charge in [0.05, 0.1) is 0 Å². The Morgan fingerprint density at radius 3 is 1.23 bits per heavy atom. The molecule has 0 amide bonds. The molecule has 0 aliphatic rings. The van der Waals surface area contributed by atoms with Crippen LogP contribution in [0.25, 0.3) is 0 Å². The SMILES string of the molecule is O=C(O)S(=O)(=O)OS(=O)(=O)C(=O)O. The largest absolute Gasteiger partial charge is 0.468 e. The Hall–Kier alpha value is -1.20. The summed E-state index contributed by atoms with van der Waals surface area (Å²) in [6.07, 6.45) is 0. The Labute approximate surface area is 71.8 Å². The van der Waals surface area contributed by atoms with E-state index in [0.29, 0.717) is 0 Å². The van der Waals surface area contributed by atoms with Crippen molar-refractivity contribution >= 4 is 30.8 Å². The van der Waals surface area contributed by atoms with Crippen molar-refractivity contribution in [1.29, 1.82) is 0 Å². The molecule has 0 aliphatic heterocycles. The second kappa shape index (κ2) is 3.27. The molecule has 9 nitrogen and oxygen atoms in total. The van der Waals surface area contributed by atoms with Gasteiger partial charge in [0.25, 0.3) is 0 Å². The highest BCUT2D eigenvalue weighted by molar-refractivity contribution is 8.13. The number of rotatable bonds is 2. The van der Waals surface area contributed by atoms with Crippen LogP contribution in [0.4, 0.5) is 9.59 Å². The van der Waals surface area contributed by atoms with Crippen LogP contribution in [0.3, 0.4) is 0 Å². The smallest absolute Gasteiger partial charge is 0.450 e. The van der Waals surface area contributed by atoms with Gasteiger partial charge in [-0.2, -0.15) is 16.8 Å². The van der Waals surface area contributed by atoms with Crippen molar-refractivity contribution in [3.05, 3.63) is 0 Å². The molecule has 0 aromatic rings. The molecule has 0 spiro atoms. The minimum atomic E-state index is -5.45. The van der Waals surface area contributed by atoms with Crippen molar-refractivity contribution in [2.75, 3.05) is 0 Å². The van der Waals surface area contributed by atoms with Gasteiger partial charge in [0.1, 0.15) is 0 Å². The average molecular weight is 234 g/mol. The van der Waals surface area contributed by atoms with Gasteiger partial charge in [0.2, 0.25) is 0 Å². The van der Waals surface area contributed by atoms with Crippen molar-refractivity contribution < 1.29 is 40.3 Å². The molecule has 13 heavy (non-hydrogen) atoms. The van der Waals surface area contributed by atoms with Crippen molar-refractivity contribution in [2.45, 2.75) is 0 Å². The van der Waals surface area contributed by atoms with Gasteiger partial charge in [-0.25, -0.2) is 9.59 Å². The molecule has 0 unspecified atom stereocenters. The van der Waals surface area contributed by atoms with E-state index in [1.807, 2.05) is 0 Å². The highest BCUT2D eigenvalue weighted by Crippen LogP contribution is 2.03. The van der Waals surface area contributed by atoms with Gasteiger partial charge >= 0.3 is 30.8 Å². The maximum Gasteiger partial charge on any atom is 0.450 e. The van der Waals surface area contributed by atoms with Crippen molar-refractivity contribution in [3.8, 4) is 0 Å². The van der Waals surface area contributed by atoms with Gasteiger partial charge in [-0.3, -0.25) is 0 Å². The molecule has 0 radical (unpaired) electrons. The van der Waals surface area contributed by atoms with E-state index in [1.165, 1.54) is 0 Å². The fourth-order valence-corrected chi connectivity index (χ4v) is 1.59. The number of carbonyl (C=O) groups is 2. The van der Waals surface area contributed by atoms with Gasteiger partial charge < -0.3 is 10.2 Å². The lowest BCUT2D eigenvalue weighted by molar-refractivity contribution is 0.214. The number of carboxylic acid groups (broad SMARTS) is 2. The molecule has 0 atom stereocenters. The predicted octanol–water partition coefficient (Wildman–Crippen LogP) is -0.981. The van der Waals surface area contributed by atoms with Crippen LogP contribution in [0, 0.1) is 0 Å². The zero-order valence-corrected chi connectivity index (χ0v) is 7.20. The number of hydrogen-bond acceptors (Lipinski definition) is 7. The summed E-state index contributed by atoms with van der Waals surface area (Å²) < 4.78 is 43.6. The van der Waals surface area contributed by atoms with Gasteiger partial charge in [-0.15, -0.1) is 3.63 Å². The molecule has 2 N–H and O–H groups in total. The molecule has 0 aromatic heterocycles. The van der Waals surface area contributed by atoms with Gasteiger partial charge in [-0.1, -0.05) is 0 Å². The Bertz CT molecular complexity index is 380. The maximum absolute atomic E-state index is 10.2. The second-order valence-corrected chi connectivity index (χ2v) is 4.57. The van der Waals surface area contributed by atoms with Crippen LogP contribution in [0.15, 0.2) is 0 Å². The molecular weight excluding hydrogens is 232 g/mol. The van der Waals surface area contributed by atoms with E-state index in [9.17, 15) is 26.4 Å². The van der Waals surface area contributed by atoms with Gasteiger partial charge in [-0.05, 0) is 0 Å². The fourth-order valence-electron chi connectivity index (χ4n) is 0.176. The predicted molar refractivity (Wildman–Crippen MR) is 35.0 cm³/mol. The standard InChI is InChI=1S/C2H2O9S2/c3-1(4)12(7,8)11-13(9,10)2(5)6/h(H,3,4)(H,5,6). The fraction of sp³-hybridized carbons (Fsp3) is 0. The molecule has 11 heteroatoms. The lowest BCUT2D eigenvalue weighted by Crippen LogP contribution is -2.24. The van der Waals surface area contributed by atoms with Crippen LogP contribution < -0.4 is 0 Å². The third kappa shape index (κ3) is 2.96. The first-order valence-corrected chi connectivity index (χ1v) is 5.08. The summed E-state index contributed by atoms with van der Waals surface area (Å²) in [4.78, 5) is 19.5. The molecule has 0 aromatic carbocycles. The first-order chi connectivity index (χ1) is 5.59. The molecule has 0 aliphatic carbocycles. The maximum atomic E-state index is 10.2. The zero-order valence-electron chi connectivity index (χ0n) is 5.57. The monoisotopic (exact) mass is 234 g/mol. The summed E-state index contributed by atoms with van der Waals surface area (Å²) in [6, 6.07) is 0. The van der Waals surface area contributed by atoms with Crippen molar-refractivity contribution in [1.82, 2.24) is 0 Å². The summed E-state index contributed by atoms with van der Waals surface area (Å²) in [7, 11) is -10.9. The quantitative estimate of drug-likeness (QED) is 0.613. The van der Waals surface area contributed by atoms with Gasteiger partial charge in [0, 0.05) is 0 Å². The van der Waals surface area contributed by atoms with E-state index in [-0.39, 0.29) is 0 Å². The highest BCUT2D eigenvalue weighted by Gasteiger charge is 2.35. The first kappa shape index (κ1) is 11.8. The van der Waals surface area contributed by atoms with Crippen LogP contribution in [0.1, 0.15) is 0 Å². The van der Waals surface area contributed by atoms with Crippen molar-refractivity contribution in [2.24, 2.45) is 0 Å². The Kier molecular flexibility index (Phi) is 2.97. The van der Waals surface area contributed by atoms with E-state index < -0.39 is 30.8 Å². The number of hydrogen-bond donors (Lipinski definition) is 2.